The van der Waals surface area contributed by atoms with Gasteiger partial charge in [-0.25, -0.2) is 0 Å². The number of nitrogens with zero attached hydrogens (tertiary/aromatic N) is 2. The average molecular weight is 278 g/mol. The lowest BCUT2D eigenvalue weighted by atomic mass is 9.96. The standard InChI is InChI=1S/C14H18N2O4/c1-14(2)13(20)15(3)6-7-16(14)12(19)10-5-4-9(17)8-11(10)18/h4-5,8,17-18H,6-7H2,1-3H3. The fourth-order valence-electron chi connectivity index (χ4n) is 2.42. The van der Waals surface area contributed by atoms with Crippen molar-refractivity contribution in [3.05, 3.63) is 23.8 Å². The van der Waals surface area contributed by atoms with Crippen LogP contribution < -0.4 is 0 Å². The number of carbonyl (C=O) groups is 2. The van der Waals surface area contributed by atoms with Gasteiger partial charge in [0.05, 0.1) is 5.56 Å². The highest BCUT2D eigenvalue weighted by molar-refractivity contribution is 6.01. The number of hydrogen-bond acceptors (Lipinski definition) is 4. The lowest BCUT2D eigenvalue weighted by molar-refractivity contribution is -0.144. The minimum atomic E-state index is -0.964. The number of amides is 2. The van der Waals surface area contributed by atoms with Crippen LogP contribution in [0.15, 0.2) is 18.2 Å². The Morgan fingerprint density at radius 1 is 1.25 bits per heavy atom. The Hall–Kier alpha value is -2.24. The number of phenolic OH excluding ortho intramolecular Hbond substituents is 2. The summed E-state index contributed by atoms with van der Waals surface area (Å²) in [6, 6.07) is 3.79. The average Bonchev–Trinajstić information content (AvgIpc) is 2.35. The number of piperazine rings is 1. The molecule has 2 amide bonds. The molecular formula is C14H18N2O4. The second-order valence-electron chi connectivity index (χ2n) is 5.44. The number of likely N-dealkylation sites (N-methyl/N-ethyl adjacent to an activating group) is 1. The molecule has 1 aromatic carbocycles. The third-order valence-electron chi connectivity index (χ3n) is 3.66. The molecule has 20 heavy (non-hydrogen) atoms. The highest BCUT2D eigenvalue weighted by Gasteiger charge is 2.43. The first-order valence-electron chi connectivity index (χ1n) is 6.34. The van der Waals surface area contributed by atoms with Crippen LogP contribution in [0.4, 0.5) is 0 Å². The van der Waals surface area contributed by atoms with E-state index in [0.29, 0.717) is 13.1 Å². The predicted octanol–water partition coefficient (Wildman–Crippen LogP) is 0.791. The van der Waals surface area contributed by atoms with E-state index in [2.05, 4.69) is 0 Å². The van der Waals surface area contributed by atoms with Gasteiger partial charge in [0, 0.05) is 26.2 Å². The van der Waals surface area contributed by atoms with E-state index >= 15 is 0 Å². The SMILES string of the molecule is CN1CCN(C(=O)c2ccc(O)cc2O)C(C)(C)C1=O. The number of carbonyl (C=O) groups excluding carboxylic acids is 2. The lowest BCUT2D eigenvalue weighted by Gasteiger charge is -2.44. The first-order chi connectivity index (χ1) is 9.25. The van der Waals surface area contributed by atoms with E-state index in [-0.39, 0.29) is 23.0 Å². The Labute approximate surface area is 117 Å². The van der Waals surface area contributed by atoms with E-state index in [9.17, 15) is 19.8 Å². The normalized spacial score (nSPS) is 18.2. The Morgan fingerprint density at radius 2 is 1.90 bits per heavy atom. The van der Waals surface area contributed by atoms with Gasteiger partial charge in [0.2, 0.25) is 5.91 Å². The summed E-state index contributed by atoms with van der Waals surface area (Å²) in [5.41, 5.74) is -0.887. The molecule has 0 atom stereocenters. The van der Waals surface area contributed by atoms with Crippen molar-refractivity contribution in [1.82, 2.24) is 9.80 Å². The lowest BCUT2D eigenvalue weighted by Crippen LogP contribution is -2.63. The quantitative estimate of drug-likeness (QED) is 0.796. The van der Waals surface area contributed by atoms with Gasteiger partial charge in [0.1, 0.15) is 17.0 Å². The van der Waals surface area contributed by atoms with E-state index in [1.165, 1.54) is 17.0 Å². The Morgan fingerprint density at radius 3 is 2.50 bits per heavy atom. The molecule has 1 aliphatic rings. The van der Waals surface area contributed by atoms with Crippen LogP contribution in [0, 0.1) is 0 Å². The number of hydrogen-bond donors (Lipinski definition) is 2. The first kappa shape index (κ1) is 14.2. The fraction of sp³-hybridized carbons (Fsp3) is 0.429. The van der Waals surface area contributed by atoms with Gasteiger partial charge in [0.15, 0.2) is 0 Å². The topological polar surface area (TPSA) is 81.1 Å². The maximum Gasteiger partial charge on any atom is 0.258 e. The summed E-state index contributed by atoms with van der Waals surface area (Å²) in [7, 11) is 1.70. The molecule has 6 nitrogen and oxygen atoms in total. The minimum absolute atomic E-state index is 0.0771. The van der Waals surface area contributed by atoms with Crippen LogP contribution in [0.2, 0.25) is 0 Å². The first-order valence-corrected chi connectivity index (χ1v) is 6.34. The van der Waals surface area contributed by atoms with Gasteiger partial charge >= 0.3 is 0 Å². The molecule has 2 rings (SSSR count). The molecule has 1 fully saturated rings. The molecule has 108 valence electrons. The van der Waals surface area contributed by atoms with Crippen molar-refractivity contribution in [2.75, 3.05) is 20.1 Å². The molecule has 0 unspecified atom stereocenters. The maximum atomic E-state index is 12.5. The van der Waals surface area contributed by atoms with Gasteiger partial charge in [0.25, 0.3) is 5.91 Å². The summed E-state index contributed by atoms with van der Waals surface area (Å²) in [5, 5.41) is 19.0. The number of rotatable bonds is 1. The van der Waals surface area contributed by atoms with Gasteiger partial charge < -0.3 is 20.0 Å². The van der Waals surface area contributed by atoms with Crippen LogP contribution in [-0.2, 0) is 4.79 Å². The molecule has 0 bridgehead atoms. The van der Waals surface area contributed by atoms with E-state index in [4.69, 9.17) is 0 Å². The molecule has 1 aliphatic heterocycles. The minimum Gasteiger partial charge on any atom is -0.508 e. The van der Waals surface area contributed by atoms with Crippen molar-refractivity contribution in [2.24, 2.45) is 0 Å². The van der Waals surface area contributed by atoms with Crippen LogP contribution in [0.1, 0.15) is 24.2 Å². The fourth-order valence-corrected chi connectivity index (χ4v) is 2.42. The third-order valence-corrected chi connectivity index (χ3v) is 3.66. The Balaban J connectivity index is 2.35. The zero-order chi connectivity index (χ0) is 15.1. The second-order valence-corrected chi connectivity index (χ2v) is 5.44. The molecular weight excluding hydrogens is 260 g/mol. The summed E-state index contributed by atoms with van der Waals surface area (Å²) in [6.45, 7) is 4.21. The van der Waals surface area contributed by atoms with Crippen molar-refractivity contribution < 1.29 is 19.8 Å². The highest BCUT2D eigenvalue weighted by Crippen LogP contribution is 2.28. The van der Waals surface area contributed by atoms with E-state index in [1.807, 2.05) is 0 Å². The Kier molecular flexibility index (Phi) is 3.33. The van der Waals surface area contributed by atoms with E-state index < -0.39 is 11.4 Å². The monoisotopic (exact) mass is 278 g/mol. The molecule has 1 heterocycles. The van der Waals surface area contributed by atoms with Gasteiger partial charge in [-0.05, 0) is 26.0 Å². The molecule has 6 heteroatoms. The largest absolute Gasteiger partial charge is 0.508 e. The molecule has 0 aromatic heterocycles. The molecule has 0 spiro atoms. The zero-order valence-electron chi connectivity index (χ0n) is 11.8. The summed E-state index contributed by atoms with van der Waals surface area (Å²) in [5.74, 6) is -0.978. The van der Waals surface area contributed by atoms with Crippen molar-refractivity contribution in [3.8, 4) is 11.5 Å². The van der Waals surface area contributed by atoms with Gasteiger partial charge in [-0.15, -0.1) is 0 Å². The number of phenols is 2. The Bertz CT molecular complexity index is 568. The van der Waals surface area contributed by atoms with Gasteiger partial charge in [-0.3, -0.25) is 9.59 Å². The van der Waals surface area contributed by atoms with Crippen LogP contribution in [-0.4, -0.2) is 57.5 Å². The molecule has 2 N–H and O–H groups in total. The molecule has 0 saturated carbocycles. The summed E-state index contributed by atoms with van der Waals surface area (Å²) >= 11 is 0. The van der Waals surface area contributed by atoms with Crippen molar-refractivity contribution >= 4 is 11.8 Å². The van der Waals surface area contributed by atoms with E-state index in [1.54, 1.807) is 25.8 Å². The summed E-state index contributed by atoms with van der Waals surface area (Å²) in [6.07, 6.45) is 0. The van der Waals surface area contributed by atoms with Crippen molar-refractivity contribution in [2.45, 2.75) is 19.4 Å². The molecule has 1 saturated heterocycles. The number of aromatic hydroxyl groups is 2. The molecule has 0 radical (unpaired) electrons. The van der Waals surface area contributed by atoms with Gasteiger partial charge in [-0.2, -0.15) is 0 Å². The third kappa shape index (κ3) is 2.17. The second kappa shape index (κ2) is 4.70. The highest BCUT2D eigenvalue weighted by atomic mass is 16.3. The predicted molar refractivity (Wildman–Crippen MR) is 72.5 cm³/mol. The van der Waals surface area contributed by atoms with Crippen LogP contribution in [0.3, 0.4) is 0 Å². The van der Waals surface area contributed by atoms with E-state index in [0.717, 1.165) is 6.07 Å². The van der Waals surface area contributed by atoms with Crippen LogP contribution in [0.5, 0.6) is 11.5 Å². The van der Waals surface area contributed by atoms with Crippen LogP contribution >= 0.6 is 0 Å². The summed E-state index contributed by atoms with van der Waals surface area (Å²) in [4.78, 5) is 27.7. The maximum absolute atomic E-state index is 12.5. The van der Waals surface area contributed by atoms with Crippen molar-refractivity contribution in [1.29, 1.82) is 0 Å². The smallest absolute Gasteiger partial charge is 0.258 e. The molecule has 1 aromatic rings. The summed E-state index contributed by atoms with van der Waals surface area (Å²) < 4.78 is 0. The number of benzene rings is 1. The molecule has 0 aliphatic carbocycles. The van der Waals surface area contributed by atoms with Crippen LogP contribution in [0.25, 0.3) is 0 Å². The van der Waals surface area contributed by atoms with Crippen molar-refractivity contribution in [3.63, 3.8) is 0 Å². The zero-order valence-corrected chi connectivity index (χ0v) is 11.8. The van der Waals surface area contributed by atoms with Gasteiger partial charge in [-0.1, -0.05) is 0 Å².